The van der Waals surface area contributed by atoms with Crippen molar-refractivity contribution in [1.82, 2.24) is 0 Å². The van der Waals surface area contributed by atoms with Gasteiger partial charge >= 0.3 is 21.1 Å². The van der Waals surface area contributed by atoms with Crippen molar-refractivity contribution in [3.05, 3.63) is 0 Å². The smallest absolute Gasteiger partial charge is 0.822 e. The molecule has 0 unspecified atom stereocenters. The van der Waals surface area contributed by atoms with E-state index in [1.54, 1.807) is 0 Å². The Bertz CT molecular complexity index is 129. The second kappa shape index (κ2) is 9.35. The summed E-state index contributed by atoms with van der Waals surface area (Å²) in [6.45, 7) is 0. The fourth-order valence-electron chi connectivity index (χ4n) is 0. The van der Waals surface area contributed by atoms with Crippen LogP contribution in [-0.2, 0) is 56.4 Å². The molecule has 0 atom stereocenters. The van der Waals surface area contributed by atoms with Crippen molar-refractivity contribution in [2.75, 3.05) is 0 Å². The van der Waals surface area contributed by atoms with Crippen LogP contribution in [0.25, 0.3) is 0 Å². The van der Waals surface area contributed by atoms with Crippen LogP contribution in [0, 0.1) is 0 Å². The van der Waals surface area contributed by atoms with Crippen molar-refractivity contribution in [3.8, 4) is 0 Å². The molecule has 0 heterocycles. The van der Waals surface area contributed by atoms with Gasteiger partial charge in [0, 0.05) is 26.2 Å². The molecule has 0 aromatic carbocycles. The molecule has 0 amide bonds. The van der Waals surface area contributed by atoms with Crippen molar-refractivity contribution < 1.29 is 85.8 Å². The molecule has 12 heavy (non-hydrogen) atoms. The van der Waals surface area contributed by atoms with Crippen LogP contribution >= 0.6 is 15.6 Å². The van der Waals surface area contributed by atoms with Gasteiger partial charge in [0.15, 0.2) is 0 Å². The summed E-state index contributed by atoms with van der Waals surface area (Å²) in [6, 6.07) is 0. The van der Waals surface area contributed by atoms with Gasteiger partial charge in [0.2, 0.25) is 0 Å². The van der Waals surface area contributed by atoms with E-state index in [2.05, 4.69) is 0 Å². The maximum absolute atomic E-state index is 8.55. The Morgan fingerprint density at radius 2 is 0.667 bits per heavy atom. The summed E-state index contributed by atoms with van der Waals surface area (Å²) in [7, 11) is -10.8. The third kappa shape index (κ3) is 428. The summed E-state index contributed by atoms with van der Waals surface area (Å²) in [4.78, 5) is 51.3. The van der Waals surface area contributed by atoms with Gasteiger partial charge in [-0.25, -0.2) is 0 Å². The first-order valence-electron chi connectivity index (χ1n) is 1.46. The van der Waals surface area contributed by atoms with Crippen LogP contribution in [-0.4, -0.2) is 0 Å². The number of hydrogen-bond donors (Lipinski definition) is 0. The van der Waals surface area contributed by atoms with E-state index < -0.39 is 15.6 Å². The molecule has 0 bridgehead atoms. The van der Waals surface area contributed by atoms with Gasteiger partial charge < -0.3 is 38.5 Å². The van der Waals surface area contributed by atoms with Gasteiger partial charge in [-0.15, -0.1) is 0 Å². The zero-order valence-corrected chi connectivity index (χ0v) is 12.2. The Labute approximate surface area is 101 Å². The van der Waals surface area contributed by atoms with Gasteiger partial charge in [0.25, 0.3) is 0 Å². The van der Waals surface area contributed by atoms with Gasteiger partial charge in [0.05, 0.1) is 0 Å². The van der Waals surface area contributed by atoms with E-state index in [0.717, 1.165) is 0 Å². The van der Waals surface area contributed by atoms with Crippen molar-refractivity contribution in [2.24, 2.45) is 0 Å². The first-order valence-corrected chi connectivity index (χ1v) is 4.38. The van der Waals surface area contributed by atoms with Crippen LogP contribution in [0.4, 0.5) is 0 Å². The summed E-state index contributed by atoms with van der Waals surface area (Å²) in [5.74, 6) is 0. The van der Waals surface area contributed by atoms with E-state index in [9.17, 15) is 0 Å². The average Bonchev–Trinajstić information content (AvgIpc) is 1.12. The Balaban J connectivity index is -0.0000000457. The van der Waals surface area contributed by atoms with Gasteiger partial charge in [-0.3, -0.25) is 0 Å². The van der Waals surface area contributed by atoms with Crippen molar-refractivity contribution in [1.29, 1.82) is 0 Å². The van der Waals surface area contributed by atoms with E-state index in [-0.39, 0.29) is 47.3 Å². The monoisotopic (exact) mass is 464 g/mol. The predicted molar refractivity (Wildman–Crippen MR) is 15.2 cm³/mol. The fraction of sp³-hybridized carbons (Fsp3) is 0. The van der Waals surface area contributed by atoms with E-state index in [1.807, 2.05) is 0 Å². The minimum absolute atomic E-state index is 0. The first-order chi connectivity index (χ1) is 4.00. The molecule has 0 aromatic heterocycles. The van der Waals surface area contributed by atoms with Crippen LogP contribution in [0.3, 0.4) is 0 Å². The van der Waals surface area contributed by atoms with Gasteiger partial charge in [-0.2, -0.15) is 15.6 Å². The predicted octanol–water partition coefficient (Wildman–Crippen LogP) is -5.65. The topological polar surface area (TPSA) is 172 Å². The van der Waals surface area contributed by atoms with E-state index in [1.165, 1.54) is 0 Å². The number of hydrogen-bond acceptors (Lipinski definition) is 8. The Morgan fingerprint density at radius 3 is 0.667 bits per heavy atom. The summed E-state index contributed by atoms with van der Waals surface area (Å²) in [6.07, 6.45) is 0. The zero-order chi connectivity index (χ0) is 9.00. The molecule has 0 fully saturated rings. The molecule has 0 saturated heterocycles. The summed E-state index contributed by atoms with van der Waals surface area (Å²) >= 11 is 0. The average molecular weight is 465 g/mol. The second-order valence-corrected chi connectivity index (χ2v) is 2.68. The first kappa shape index (κ1) is 23.5. The molecule has 0 aromatic rings. The molecular formula is O8P2WZr. The minimum Gasteiger partial charge on any atom is -0.822 e. The molecule has 0 N–H and O–H groups in total. The number of rotatable bonds is 0. The SMILES string of the molecule is O=P([O-])([O-])[O-].O=P([O-])([O-])[O-].[W+6].[Zr]. The summed E-state index contributed by atoms with van der Waals surface area (Å²) in [5, 5.41) is 0. The normalized spacial score (nSPS) is 9.83. The molecule has 68 valence electrons. The van der Waals surface area contributed by atoms with Gasteiger partial charge in [-0.05, 0) is 0 Å². The third-order valence-corrected chi connectivity index (χ3v) is 0. The standard InChI is InChI=1S/2H3O4P.W.Zr/c2*1-5(2,3)4;;/h2*(H3,1,2,3,4);;/q;;+6;/p-6. The quantitative estimate of drug-likeness (QED) is 0.319. The van der Waals surface area contributed by atoms with Crippen LogP contribution < -0.4 is 29.4 Å². The van der Waals surface area contributed by atoms with Crippen molar-refractivity contribution >= 4 is 15.6 Å². The molecule has 0 saturated carbocycles. The molecule has 0 aliphatic rings. The van der Waals surface area contributed by atoms with Crippen molar-refractivity contribution in [3.63, 3.8) is 0 Å². The van der Waals surface area contributed by atoms with Crippen LogP contribution in [0.2, 0.25) is 0 Å². The molecular weight excluding hydrogens is 465 g/mol. The molecule has 12 heteroatoms. The molecule has 0 spiro atoms. The zero-order valence-electron chi connectivity index (χ0n) is 5.07. The van der Waals surface area contributed by atoms with Crippen LogP contribution in [0.1, 0.15) is 0 Å². The summed E-state index contributed by atoms with van der Waals surface area (Å²) < 4.78 is 17.1. The molecule has 0 radical (unpaired) electrons. The molecule has 8 nitrogen and oxygen atoms in total. The summed E-state index contributed by atoms with van der Waals surface area (Å²) in [5.41, 5.74) is 0. The molecule has 0 aliphatic carbocycles. The van der Waals surface area contributed by atoms with E-state index in [0.29, 0.717) is 0 Å². The van der Waals surface area contributed by atoms with Crippen LogP contribution in [0.5, 0.6) is 0 Å². The van der Waals surface area contributed by atoms with Gasteiger partial charge in [-0.1, -0.05) is 0 Å². The fourth-order valence-corrected chi connectivity index (χ4v) is 0. The Hall–Kier alpha value is 1.79. The Morgan fingerprint density at radius 1 is 0.667 bits per heavy atom. The number of phosphoric acid groups is 2. The Kier molecular flexibility index (Phi) is 18.3. The maximum atomic E-state index is 8.55. The van der Waals surface area contributed by atoms with Crippen LogP contribution in [0.15, 0.2) is 0 Å². The second-order valence-electron chi connectivity index (χ2n) is 0.894. The maximum Gasteiger partial charge on any atom is 6.00 e. The van der Waals surface area contributed by atoms with Crippen molar-refractivity contribution in [2.45, 2.75) is 0 Å². The van der Waals surface area contributed by atoms with E-state index >= 15 is 0 Å². The third-order valence-electron chi connectivity index (χ3n) is 0. The van der Waals surface area contributed by atoms with E-state index in [4.69, 9.17) is 38.5 Å². The molecule has 0 rings (SSSR count). The molecule has 0 aliphatic heterocycles. The van der Waals surface area contributed by atoms with Gasteiger partial charge in [0.1, 0.15) is 0 Å². The largest absolute Gasteiger partial charge is 6.00 e. The minimum atomic E-state index is -5.39.